The minimum absolute atomic E-state index is 0.192. The molecule has 0 radical (unpaired) electrons. The van der Waals surface area contributed by atoms with Crippen molar-refractivity contribution in [3.63, 3.8) is 0 Å². The lowest BCUT2D eigenvalue weighted by atomic mass is 9.93. The lowest BCUT2D eigenvalue weighted by molar-refractivity contribution is 0.158. The van der Waals surface area contributed by atoms with E-state index in [1.54, 1.807) is 0 Å². The number of aliphatic hydroxyl groups excluding tert-OH is 1. The standard InChI is InChI=1S/C13H12BrNO/c14-10-2-1-8-5-9-6-11(16)3-4-12(9)15-13(8)7-10/h1-2,5,7,11,16H,3-4,6H2. The van der Waals surface area contributed by atoms with E-state index in [9.17, 15) is 5.11 Å². The van der Waals surface area contributed by atoms with Gasteiger partial charge in [-0.2, -0.15) is 0 Å². The summed E-state index contributed by atoms with van der Waals surface area (Å²) >= 11 is 3.46. The molecule has 1 aliphatic carbocycles. The van der Waals surface area contributed by atoms with Crippen LogP contribution in [0.4, 0.5) is 0 Å². The van der Waals surface area contributed by atoms with Crippen molar-refractivity contribution in [2.45, 2.75) is 25.4 Å². The Kier molecular flexibility index (Phi) is 2.45. The van der Waals surface area contributed by atoms with E-state index in [2.05, 4.69) is 33.0 Å². The second-order valence-corrected chi connectivity index (χ2v) is 5.24. The number of nitrogens with zero attached hydrogens (tertiary/aromatic N) is 1. The number of halogens is 1. The van der Waals surface area contributed by atoms with E-state index in [-0.39, 0.29) is 6.10 Å². The first kappa shape index (κ1) is 10.2. The number of benzene rings is 1. The van der Waals surface area contributed by atoms with E-state index < -0.39 is 0 Å². The van der Waals surface area contributed by atoms with Gasteiger partial charge in [0.2, 0.25) is 0 Å². The average molecular weight is 278 g/mol. The number of aryl methyl sites for hydroxylation is 1. The normalized spacial score (nSPS) is 19.8. The van der Waals surface area contributed by atoms with Crippen molar-refractivity contribution in [1.82, 2.24) is 4.98 Å². The molecule has 0 bridgehead atoms. The molecule has 0 aliphatic heterocycles. The molecule has 0 saturated heterocycles. The molecule has 1 aromatic heterocycles. The molecular formula is C13H12BrNO. The Hall–Kier alpha value is -0.930. The summed E-state index contributed by atoms with van der Waals surface area (Å²) in [6.45, 7) is 0. The van der Waals surface area contributed by atoms with Crippen molar-refractivity contribution in [2.24, 2.45) is 0 Å². The van der Waals surface area contributed by atoms with Crippen molar-refractivity contribution in [2.75, 3.05) is 0 Å². The minimum atomic E-state index is -0.192. The van der Waals surface area contributed by atoms with Crippen LogP contribution in [-0.2, 0) is 12.8 Å². The molecular weight excluding hydrogens is 266 g/mol. The number of rotatable bonds is 0. The van der Waals surface area contributed by atoms with Crippen LogP contribution in [0.2, 0.25) is 0 Å². The Bertz CT molecular complexity index is 553. The smallest absolute Gasteiger partial charge is 0.0716 e. The number of hydrogen-bond acceptors (Lipinski definition) is 2. The van der Waals surface area contributed by atoms with Gasteiger partial charge in [-0.05, 0) is 36.6 Å². The summed E-state index contributed by atoms with van der Waals surface area (Å²) in [6.07, 6.45) is 2.27. The largest absolute Gasteiger partial charge is 0.393 e. The van der Waals surface area contributed by atoms with Crippen LogP contribution >= 0.6 is 15.9 Å². The van der Waals surface area contributed by atoms with Crippen molar-refractivity contribution in [1.29, 1.82) is 0 Å². The molecule has 1 atom stereocenters. The van der Waals surface area contributed by atoms with Gasteiger partial charge in [-0.1, -0.05) is 22.0 Å². The Morgan fingerprint density at radius 1 is 1.31 bits per heavy atom. The predicted octanol–water partition coefficient (Wildman–Crippen LogP) is 2.85. The van der Waals surface area contributed by atoms with Crippen LogP contribution < -0.4 is 0 Å². The van der Waals surface area contributed by atoms with E-state index in [0.717, 1.165) is 40.3 Å². The summed E-state index contributed by atoms with van der Waals surface area (Å²) in [5.41, 5.74) is 3.38. The molecule has 0 spiro atoms. The average Bonchev–Trinajstić information content (AvgIpc) is 2.26. The molecule has 1 unspecified atom stereocenters. The highest BCUT2D eigenvalue weighted by atomic mass is 79.9. The molecule has 3 heteroatoms. The maximum absolute atomic E-state index is 9.64. The zero-order chi connectivity index (χ0) is 11.1. The van der Waals surface area contributed by atoms with Crippen LogP contribution in [0.5, 0.6) is 0 Å². The van der Waals surface area contributed by atoms with Gasteiger partial charge in [-0.15, -0.1) is 0 Å². The van der Waals surface area contributed by atoms with Crippen LogP contribution in [0.25, 0.3) is 10.9 Å². The number of aromatic nitrogens is 1. The molecule has 3 rings (SSSR count). The van der Waals surface area contributed by atoms with Crippen LogP contribution in [-0.4, -0.2) is 16.2 Å². The van der Waals surface area contributed by atoms with Crippen LogP contribution in [0, 0.1) is 0 Å². The Balaban J connectivity index is 2.19. The quantitative estimate of drug-likeness (QED) is 0.803. The molecule has 0 saturated carbocycles. The van der Waals surface area contributed by atoms with Gasteiger partial charge in [0.1, 0.15) is 0 Å². The number of fused-ring (bicyclic) bond motifs is 2. The monoisotopic (exact) mass is 277 g/mol. The SMILES string of the molecule is OC1CCc2nc3cc(Br)ccc3cc2C1. The molecule has 0 fully saturated rings. The van der Waals surface area contributed by atoms with E-state index >= 15 is 0 Å². The van der Waals surface area contributed by atoms with Crippen molar-refractivity contribution >= 4 is 26.8 Å². The predicted molar refractivity (Wildman–Crippen MR) is 67.5 cm³/mol. The van der Waals surface area contributed by atoms with E-state index in [1.165, 1.54) is 5.56 Å². The fraction of sp³-hybridized carbons (Fsp3) is 0.308. The highest BCUT2D eigenvalue weighted by molar-refractivity contribution is 9.10. The second kappa shape index (κ2) is 3.82. The summed E-state index contributed by atoms with van der Waals surface area (Å²) in [6, 6.07) is 8.29. The summed E-state index contributed by atoms with van der Waals surface area (Å²) < 4.78 is 1.06. The van der Waals surface area contributed by atoms with Gasteiger partial charge in [-0.3, -0.25) is 4.98 Å². The molecule has 0 amide bonds. The van der Waals surface area contributed by atoms with Crippen LogP contribution in [0.15, 0.2) is 28.7 Å². The fourth-order valence-corrected chi connectivity index (χ4v) is 2.63. The van der Waals surface area contributed by atoms with Gasteiger partial charge in [0, 0.05) is 22.0 Å². The lowest BCUT2D eigenvalue weighted by Crippen LogP contribution is -2.19. The van der Waals surface area contributed by atoms with Crippen LogP contribution in [0.1, 0.15) is 17.7 Å². The first-order chi connectivity index (χ1) is 7.72. The fourth-order valence-electron chi connectivity index (χ4n) is 2.28. The Labute approximate surface area is 102 Å². The van der Waals surface area contributed by atoms with Gasteiger partial charge < -0.3 is 5.11 Å². The van der Waals surface area contributed by atoms with E-state index in [0.29, 0.717) is 0 Å². The summed E-state index contributed by atoms with van der Waals surface area (Å²) in [5, 5.41) is 10.8. The maximum Gasteiger partial charge on any atom is 0.0716 e. The molecule has 2 aromatic rings. The van der Waals surface area contributed by atoms with Gasteiger partial charge in [0.05, 0.1) is 11.6 Å². The third-order valence-electron chi connectivity index (χ3n) is 3.12. The number of hydrogen-bond donors (Lipinski definition) is 1. The zero-order valence-corrected chi connectivity index (χ0v) is 10.4. The Morgan fingerprint density at radius 2 is 2.19 bits per heavy atom. The Morgan fingerprint density at radius 3 is 3.06 bits per heavy atom. The third kappa shape index (κ3) is 1.74. The molecule has 2 nitrogen and oxygen atoms in total. The van der Waals surface area contributed by atoms with Gasteiger partial charge in [0.25, 0.3) is 0 Å². The molecule has 16 heavy (non-hydrogen) atoms. The summed E-state index contributed by atoms with van der Waals surface area (Å²) in [7, 11) is 0. The number of pyridine rings is 1. The van der Waals surface area contributed by atoms with E-state index in [4.69, 9.17) is 0 Å². The van der Waals surface area contributed by atoms with Gasteiger partial charge in [-0.25, -0.2) is 0 Å². The first-order valence-electron chi connectivity index (χ1n) is 5.48. The highest BCUT2D eigenvalue weighted by Crippen LogP contribution is 2.25. The first-order valence-corrected chi connectivity index (χ1v) is 6.28. The molecule has 1 aromatic carbocycles. The second-order valence-electron chi connectivity index (χ2n) is 4.33. The molecule has 82 valence electrons. The number of aliphatic hydroxyl groups is 1. The zero-order valence-electron chi connectivity index (χ0n) is 8.78. The maximum atomic E-state index is 9.64. The lowest BCUT2D eigenvalue weighted by Gasteiger charge is -2.20. The molecule has 1 N–H and O–H groups in total. The van der Waals surface area contributed by atoms with Crippen molar-refractivity contribution in [3.8, 4) is 0 Å². The minimum Gasteiger partial charge on any atom is -0.393 e. The van der Waals surface area contributed by atoms with Gasteiger partial charge >= 0.3 is 0 Å². The highest BCUT2D eigenvalue weighted by Gasteiger charge is 2.17. The van der Waals surface area contributed by atoms with Gasteiger partial charge in [0.15, 0.2) is 0 Å². The van der Waals surface area contributed by atoms with Crippen LogP contribution in [0.3, 0.4) is 0 Å². The summed E-state index contributed by atoms with van der Waals surface area (Å²) in [5.74, 6) is 0. The molecule has 1 heterocycles. The van der Waals surface area contributed by atoms with E-state index in [1.807, 2.05) is 12.1 Å². The van der Waals surface area contributed by atoms with Crippen molar-refractivity contribution in [3.05, 3.63) is 40.0 Å². The summed E-state index contributed by atoms with van der Waals surface area (Å²) in [4.78, 5) is 4.67. The van der Waals surface area contributed by atoms with Crippen molar-refractivity contribution < 1.29 is 5.11 Å². The topological polar surface area (TPSA) is 33.1 Å². The third-order valence-corrected chi connectivity index (χ3v) is 3.61. The molecule has 1 aliphatic rings.